The predicted molar refractivity (Wildman–Crippen MR) is 378 cm³/mol. The van der Waals surface area contributed by atoms with Crippen molar-refractivity contribution in [3.05, 3.63) is 85.1 Å². The van der Waals surface area contributed by atoms with E-state index in [0.29, 0.717) is 23.9 Å². The third-order valence-corrected chi connectivity index (χ3v) is 17.6. The molecule has 0 bridgehead atoms. The second-order valence-corrected chi connectivity index (χ2v) is 27.8. The van der Waals surface area contributed by atoms with Gasteiger partial charge in [0.2, 0.25) is 5.91 Å². The molecule has 0 aliphatic rings. The van der Waals surface area contributed by atoms with Crippen molar-refractivity contribution < 1.29 is 32.9 Å². The maximum absolute atomic E-state index is 13.1. The Balaban J connectivity index is 4.01. The largest absolute Gasteiger partial charge is 0.472 e. The van der Waals surface area contributed by atoms with E-state index in [0.717, 1.165) is 83.5 Å². The molecule has 8 nitrogen and oxygen atoms in total. The standard InChI is InChI=1S/C77H143N2O6P/c1-6-8-10-12-14-16-18-20-22-24-26-28-30-32-34-35-36-37-38-39-40-41-42-43-45-47-49-51-53-55-57-59-61-63-65-67-69-71-77(81)78-75(74-85-86(82,83)84-73-72-79(3,4)5)76(80)70-68-66-64-62-60-58-56-54-52-50-48-46-44-33-31-29-27-25-23-21-19-17-15-13-11-9-7-2/h8,10,14,16,20,22,26,28,32,34,36-37,39-40,75-76,80H,6-7,9,11-13,15,17-19,21,23-25,27,29-31,33,35,38,41-74H2,1-5H3,(H-,78,81,82,83)/p+1/b10-8-,16-14-,22-20-,28-26-,34-32-,37-36-,40-39-. The summed E-state index contributed by atoms with van der Waals surface area (Å²) < 4.78 is 23.9. The molecule has 3 atom stereocenters. The number of rotatable bonds is 68. The highest BCUT2D eigenvalue weighted by atomic mass is 31.2. The van der Waals surface area contributed by atoms with Crippen LogP contribution in [-0.2, 0) is 18.4 Å². The molecule has 0 heterocycles. The fourth-order valence-electron chi connectivity index (χ4n) is 11.0. The zero-order valence-electron chi connectivity index (χ0n) is 57.6. The van der Waals surface area contributed by atoms with Crippen LogP contribution in [0.4, 0.5) is 0 Å². The molecule has 0 radical (unpaired) electrons. The van der Waals surface area contributed by atoms with Crippen molar-refractivity contribution in [1.29, 1.82) is 0 Å². The minimum atomic E-state index is -4.34. The molecule has 9 heteroatoms. The van der Waals surface area contributed by atoms with Crippen molar-refractivity contribution in [1.82, 2.24) is 5.32 Å². The van der Waals surface area contributed by atoms with Crippen LogP contribution in [0.2, 0.25) is 0 Å². The average molecular weight is 1220 g/mol. The Morgan fingerprint density at radius 1 is 0.407 bits per heavy atom. The Morgan fingerprint density at radius 3 is 1.02 bits per heavy atom. The Kier molecular flexibility index (Phi) is 65.3. The predicted octanol–water partition coefficient (Wildman–Crippen LogP) is 23.9. The van der Waals surface area contributed by atoms with Gasteiger partial charge in [0, 0.05) is 6.42 Å². The van der Waals surface area contributed by atoms with Crippen LogP contribution in [0.5, 0.6) is 0 Å². The number of aliphatic hydroxyl groups excluding tert-OH is 1. The molecule has 3 unspecified atom stereocenters. The normalized spacial score (nSPS) is 14.1. The van der Waals surface area contributed by atoms with Crippen LogP contribution in [0.1, 0.15) is 348 Å². The second kappa shape index (κ2) is 67.1. The van der Waals surface area contributed by atoms with Crippen molar-refractivity contribution in [3.63, 3.8) is 0 Å². The van der Waals surface area contributed by atoms with Gasteiger partial charge < -0.3 is 19.8 Å². The van der Waals surface area contributed by atoms with Crippen LogP contribution < -0.4 is 5.32 Å². The molecule has 0 fully saturated rings. The van der Waals surface area contributed by atoms with E-state index in [9.17, 15) is 19.4 Å². The summed E-state index contributed by atoms with van der Waals surface area (Å²) in [5.74, 6) is -0.142. The number of hydrogen-bond acceptors (Lipinski definition) is 5. The van der Waals surface area contributed by atoms with E-state index in [4.69, 9.17) is 9.05 Å². The van der Waals surface area contributed by atoms with E-state index < -0.39 is 20.0 Å². The summed E-state index contributed by atoms with van der Waals surface area (Å²) in [5, 5.41) is 14.2. The SMILES string of the molecule is CC/C=C\C/C=C\C/C=C\C/C=C\C/C=C\C/C=C\C/C=C\CCCCCCCCCCCCCCCCCC(=O)NC(COP(=O)(O)OCC[N+](C)(C)C)C(O)CCCCCCCCCCCCCCCCCCCCCCCCCCCCC. The van der Waals surface area contributed by atoms with Crippen molar-refractivity contribution >= 4 is 13.7 Å². The molecule has 3 N–H and O–H groups in total. The highest BCUT2D eigenvalue weighted by Gasteiger charge is 2.28. The van der Waals surface area contributed by atoms with Crippen molar-refractivity contribution in [3.8, 4) is 0 Å². The van der Waals surface area contributed by atoms with E-state index in [1.165, 1.54) is 238 Å². The Bertz CT molecular complexity index is 1680. The Morgan fingerprint density at radius 2 is 0.698 bits per heavy atom. The molecule has 0 aliphatic heterocycles. The number of carbonyl (C=O) groups excluding carboxylic acids is 1. The number of nitrogens with one attached hydrogen (secondary N) is 1. The molecule has 0 aromatic rings. The molecule has 0 rings (SSSR count). The van der Waals surface area contributed by atoms with Gasteiger partial charge in [-0.05, 0) is 70.6 Å². The van der Waals surface area contributed by atoms with Crippen molar-refractivity contribution in [2.75, 3.05) is 40.9 Å². The summed E-state index contributed by atoms with van der Waals surface area (Å²) in [5.41, 5.74) is 0. The quantitative estimate of drug-likeness (QED) is 0.0243. The Hall–Kier alpha value is -2.32. The first-order chi connectivity index (χ1) is 42.0. The molecule has 1 amide bonds. The van der Waals surface area contributed by atoms with Gasteiger partial charge in [-0.25, -0.2) is 4.57 Å². The summed E-state index contributed by atoms with van der Waals surface area (Å²) in [6.07, 6.45) is 95.5. The molecule has 0 spiro atoms. The summed E-state index contributed by atoms with van der Waals surface area (Å²) in [6, 6.07) is -0.766. The molecule has 0 saturated heterocycles. The molecule has 0 saturated carbocycles. The molecule has 0 aliphatic carbocycles. The van der Waals surface area contributed by atoms with Crippen molar-refractivity contribution in [2.45, 2.75) is 360 Å². The van der Waals surface area contributed by atoms with E-state index in [1.807, 2.05) is 21.1 Å². The van der Waals surface area contributed by atoms with Gasteiger partial charge in [-0.15, -0.1) is 0 Å². The number of quaternary nitrogens is 1. The number of phosphoric acid groups is 1. The zero-order chi connectivity index (χ0) is 62.6. The first-order valence-corrected chi connectivity index (χ1v) is 38.4. The molecular weight excluding hydrogens is 1080 g/mol. The van der Waals surface area contributed by atoms with Gasteiger partial charge in [0.15, 0.2) is 0 Å². The number of likely N-dealkylation sites (N-methyl/N-ethyl adjacent to an activating group) is 1. The monoisotopic (exact) mass is 1220 g/mol. The molecule has 0 aromatic carbocycles. The number of phosphoric ester groups is 1. The lowest BCUT2D eigenvalue weighted by Crippen LogP contribution is -2.46. The second-order valence-electron chi connectivity index (χ2n) is 26.3. The number of hydrogen-bond donors (Lipinski definition) is 3. The van der Waals surface area contributed by atoms with Crippen LogP contribution in [0, 0.1) is 0 Å². The summed E-state index contributed by atoms with van der Waals surface area (Å²) in [4.78, 5) is 23.5. The minimum absolute atomic E-state index is 0.0735. The maximum atomic E-state index is 13.1. The first kappa shape index (κ1) is 83.7. The number of amides is 1. The number of aliphatic hydroxyl groups is 1. The lowest BCUT2D eigenvalue weighted by molar-refractivity contribution is -0.870. The highest BCUT2D eigenvalue weighted by Crippen LogP contribution is 2.43. The van der Waals surface area contributed by atoms with E-state index in [-0.39, 0.29) is 19.1 Å². The van der Waals surface area contributed by atoms with E-state index >= 15 is 0 Å². The van der Waals surface area contributed by atoms with Gasteiger partial charge in [-0.1, -0.05) is 356 Å². The van der Waals surface area contributed by atoms with Crippen LogP contribution in [0.25, 0.3) is 0 Å². The van der Waals surface area contributed by atoms with Crippen LogP contribution in [0.3, 0.4) is 0 Å². The Labute approximate surface area is 535 Å². The lowest BCUT2D eigenvalue weighted by atomic mass is 10.0. The minimum Gasteiger partial charge on any atom is -0.391 e. The fourth-order valence-corrected chi connectivity index (χ4v) is 11.7. The third kappa shape index (κ3) is 69.2. The van der Waals surface area contributed by atoms with E-state index in [2.05, 4.69) is 104 Å². The number of allylic oxidation sites excluding steroid dienone is 14. The van der Waals surface area contributed by atoms with Gasteiger partial charge in [0.25, 0.3) is 0 Å². The smallest absolute Gasteiger partial charge is 0.391 e. The van der Waals surface area contributed by atoms with E-state index in [1.54, 1.807) is 0 Å². The number of unbranched alkanes of at least 4 members (excludes halogenated alkanes) is 41. The van der Waals surface area contributed by atoms with Crippen LogP contribution in [-0.4, -0.2) is 73.4 Å². The summed E-state index contributed by atoms with van der Waals surface area (Å²) in [6.45, 7) is 4.82. The fraction of sp³-hybridized carbons (Fsp3) is 0.805. The zero-order valence-corrected chi connectivity index (χ0v) is 58.4. The first-order valence-electron chi connectivity index (χ1n) is 37.0. The molecule has 86 heavy (non-hydrogen) atoms. The molecular formula is C77H144N2O6P+. The summed E-state index contributed by atoms with van der Waals surface area (Å²) >= 11 is 0. The molecule has 502 valence electrons. The van der Waals surface area contributed by atoms with Crippen molar-refractivity contribution in [2.24, 2.45) is 0 Å². The van der Waals surface area contributed by atoms with Crippen LogP contribution >= 0.6 is 7.82 Å². The third-order valence-electron chi connectivity index (χ3n) is 16.7. The van der Waals surface area contributed by atoms with Gasteiger partial charge in [0.05, 0.1) is 39.9 Å². The number of carbonyl (C=O) groups is 1. The number of nitrogens with zero attached hydrogens (tertiary/aromatic N) is 1. The van der Waals surface area contributed by atoms with Gasteiger partial charge >= 0.3 is 7.82 Å². The average Bonchev–Trinajstić information content (AvgIpc) is 3.70. The highest BCUT2D eigenvalue weighted by molar-refractivity contribution is 7.47. The molecule has 0 aromatic heterocycles. The van der Waals surface area contributed by atoms with Gasteiger partial charge in [-0.3, -0.25) is 13.8 Å². The van der Waals surface area contributed by atoms with Gasteiger partial charge in [-0.2, -0.15) is 0 Å². The maximum Gasteiger partial charge on any atom is 0.472 e. The lowest BCUT2D eigenvalue weighted by Gasteiger charge is -2.26. The summed E-state index contributed by atoms with van der Waals surface area (Å²) in [7, 11) is 1.62. The van der Waals surface area contributed by atoms with Gasteiger partial charge in [0.1, 0.15) is 13.2 Å². The topological polar surface area (TPSA) is 105 Å². The van der Waals surface area contributed by atoms with Crippen LogP contribution in [0.15, 0.2) is 85.1 Å².